The summed E-state index contributed by atoms with van der Waals surface area (Å²) >= 11 is 0. The van der Waals surface area contributed by atoms with Crippen molar-refractivity contribution in [3.05, 3.63) is 42.2 Å². The van der Waals surface area contributed by atoms with Gasteiger partial charge in [0.05, 0.1) is 11.9 Å². The van der Waals surface area contributed by atoms with Crippen LogP contribution in [0.25, 0.3) is 5.69 Å². The van der Waals surface area contributed by atoms with Gasteiger partial charge in [-0.15, -0.1) is 0 Å². The maximum absolute atomic E-state index is 9.24. The molecule has 0 saturated carbocycles. The van der Waals surface area contributed by atoms with E-state index in [1.165, 1.54) is 0 Å². The molecule has 3 nitrogen and oxygen atoms in total. The van der Waals surface area contributed by atoms with Crippen LogP contribution in [0.1, 0.15) is 5.56 Å². The minimum absolute atomic E-state index is 0.255. The Morgan fingerprint density at radius 3 is 2.85 bits per heavy atom. The van der Waals surface area contributed by atoms with Gasteiger partial charge in [-0.3, -0.25) is 0 Å². The van der Waals surface area contributed by atoms with Gasteiger partial charge in [0.25, 0.3) is 0 Å². The number of benzene rings is 1. The molecule has 1 aromatic heterocycles. The van der Waals surface area contributed by atoms with Crippen LogP contribution in [0.15, 0.2) is 36.7 Å². The second kappa shape index (κ2) is 2.94. The van der Waals surface area contributed by atoms with Crippen LogP contribution in [0.5, 0.6) is 5.75 Å². The second-order valence-electron chi connectivity index (χ2n) is 2.98. The minimum Gasteiger partial charge on any atom is -0.508 e. The number of rotatable bonds is 1. The highest BCUT2D eigenvalue weighted by atomic mass is 16.3. The molecule has 0 unspecified atom stereocenters. The molecular weight excluding hydrogens is 164 g/mol. The fraction of sp³-hybridized carbons (Fsp3) is 0.100. The Balaban J connectivity index is 2.46. The Kier molecular flexibility index (Phi) is 1.77. The summed E-state index contributed by atoms with van der Waals surface area (Å²) in [5.74, 6) is 0.255. The molecule has 1 aromatic carbocycles. The fourth-order valence-corrected chi connectivity index (χ4v) is 1.19. The summed E-state index contributed by atoms with van der Waals surface area (Å²) in [6, 6.07) is 7.00. The standard InChI is InChI=1S/C10H10N2O/c1-8-6-11-12(7-8)9-3-2-4-10(13)5-9/h2-7,13H,1H3. The summed E-state index contributed by atoms with van der Waals surface area (Å²) in [6.45, 7) is 1.98. The molecule has 0 aliphatic heterocycles. The lowest BCUT2D eigenvalue weighted by Crippen LogP contribution is -1.92. The molecule has 0 bridgehead atoms. The molecule has 0 aliphatic rings. The second-order valence-corrected chi connectivity index (χ2v) is 2.98. The molecule has 66 valence electrons. The average Bonchev–Trinajstić information content (AvgIpc) is 2.52. The van der Waals surface area contributed by atoms with Gasteiger partial charge in [-0.05, 0) is 24.6 Å². The van der Waals surface area contributed by atoms with Crippen molar-refractivity contribution in [1.29, 1.82) is 0 Å². The van der Waals surface area contributed by atoms with E-state index in [-0.39, 0.29) is 5.75 Å². The Labute approximate surface area is 76.3 Å². The topological polar surface area (TPSA) is 38.0 Å². The first-order valence-electron chi connectivity index (χ1n) is 4.06. The van der Waals surface area contributed by atoms with E-state index in [0.29, 0.717) is 0 Å². The van der Waals surface area contributed by atoms with Gasteiger partial charge in [-0.1, -0.05) is 6.07 Å². The van der Waals surface area contributed by atoms with Crippen LogP contribution < -0.4 is 0 Å². The molecule has 0 fully saturated rings. The van der Waals surface area contributed by atoms with Crippen LogP contribution in [0.4, 0.5) is 0 Å². The van der Waals surface area contributed by atoms with Crippen molar-refractivity contribution in [2.45, 2.75) is 6.92 Å². The number of aryl methyl sites for hydroxylation is 1. The van der Waals surface area contributed by atoms with E-state index in [1.54, 1.807) is 29.1 Å². The van der Waals surface area contributed by atoms with Gasteiger partial charge in [0, 0.05) is 12.3 Å². The first-order valence-corrected chi connectivity index (χ1v) is 4.06. The van der Waals surface area contributed by atoms with Crippen molar-refractivity contribution in [1.82, 2.24) is 9.78 Å². The monoisotopic (exact) mass is 174 g/mol. The highest BCUT2D eigenvalue weighted by molar-refractivity contribution is 5.37. The van der Waals surface area contributed by atoms with E-state index in [1.807, 2.05) is 19.2 Å². The Hall–Kier alpha value is -1.77. The zero-order valence-electron chi connectivity index (χ0n) is 7.31. The number of phenolic OH excluding ortho intramolecular Hbond substituents is 1. The SMILES string of the molecule is Cc1cnn(-c2cccc(O)c2)c1. The third-order valence-electron chi connectivity index (χ3n) is 1.81. The number of phenols is 1. The predicted molar refractivity (Wildman–Crippen MR) is 50.0 cm³/mol. The number of nitrogens with zero attached hydrogens (tertiary/aromatic N) is 2. The van der Waals surface area contributed by atoms with Gasteiger partial charge in [0.15, 0.2) is 0 Å². The lowest BCUT2D eigenvalue weighted by molar-refractivity contribution is 0.475. The van der Waals surface area contributed by atoms with Gasteiger partial charge >= 0.3 is 0 Å². The Morgan fingerprint density at radius 2 is 2.23 bits per heavy atom. The summed E-state index contributed by atoms with van der Waals surface area (Å²) in [6.07, 6.45) is 3.69. The molecule has 13 heavy (non-hydrogen) atoms. The number of aromatic nitrogens is 2. The van der Waals surface area contributed by atoms with Crippen LogP contribution in [-0.2, 0) is 0 Å². The van der Waals surface area contributed by atoms with Gasteiger partial charge < -0.3 is 5.11 Å². The number of aromatic hydroxyl groups is 1. The summed E-state index contributed by atoms with van der Waals surface area (Å²) in [7, 11) is 0. The fourth-order valence-electron chi connectivity index (χ4n) is 1.19. The first-order chi connectivity index (χ1) is 6.25. The molecule has 1 heterocycles. The van der Waals surface area contributed by atoms with Crippen molar-refractivity contribution in [3.63, 3.8) is 0 Å². The van der Waals surface area contributed by atoms with Crippen molar-refractivity contribution in [3.8, 4) is 11.4 Å². The highest BCUT2D eigenvalue weighted by Crippen LogP contribution is 2.14. The molecule has 0 atom stereocenters. The summed E-state index contributed by atoms with van der Waals surface area (Å²) < 4.78 is 1.73. The number of hydrogen-bond acceptors (Lipinski definition) is 2. The van der Waals surface area contributed by atoms with E-state index in [4.69, 9.17) is 0 Å². The van der Waals surface area contributed by atoms with Crippen molar-refractivity contribution < 1.29 is 5.11 Å². The van der Waals surface area contributed by atoms with Gasteiger partial charge in [0.2, 0.25) is 0 Å². The maximum Gasteiger partial charge on any atom is 0.117 e. The van der Waals surface area contributed by atoms with Crippen LogP contribution >= 0.6 is 0 Å². The van der Waals surface area contributed by atoms with Crippen molar-refractivity contribution >= 4 is 0 Å². The normalized spacial score (nSPS) is 10.2. The van der Waals surface area contributed by atoms with Crippen molar-refractivity contribution in [2.75, 3.05) is 0 Å². The summed E-state index contributed by atoms with van der Waals surface area (Å²) in [5, 5.41) is 13.4. The third kappa shape index (κ3) is 1.54. The molecule has 0 amide bonds. The molecule has 0 saturated heterocycles. The van der Waals surface area contributed by atoms with E-state index in [9.17, 15) is 5.11 Å². The molecule has 0 aliphatic carbocycles. The molecule has 3 heteroatoms. The van der Waals surface area contributed by atoms with Gasteiger partial charge in [-0.25, -0.2) is 4.68 Å². The molecule has 1 N–H and O–H groups in total. The zero-order chi connectivity index (χ0) is 9.26. The van der Waals surface area contributed by atoms with Crippen LogP contribution in [0.2, 0.25) is 0 Å². The van der Waals surface area contributed by atoms with E-state index < -0.39 is 0 Å². The van der Waals surface area contributed by atoms with Crippen molar-refractivity contribution in [2.24, 2.45) is 0 Å². The van der Waals surface area contributed by atoms with Gasteiger partial charge in [-0.2, -0.15) is 5.10 Å². The first kappa shape index (κ1) is 7.86. The molecular formula is C10H10N2O. The minimum atomic E-state index is 0.255. The van der Waals surface area contributed by atoms with Crippen LogP contribution in [0.3, 0.4) is 0 Å². The zero-order valence-corrected chi connectivity index (χ0v) is 7.31. The molecule has 2 rings (SSSR count). The molecule has 0 spiro atoms. The highest BCUT2D eigenvalue weighted by Gasteiger charge is 1.97. The molecule has 0 radical (unpaired) electrons. The largest absolute Gasteiger partial charge is 0.508 e. The third-order valence-corrected chi connectivity index (χ3v) is 1.81. The van der Waals surface area contributed by atoms with Gasteiger partial charge in [0.1, 0.15) is 5.75 Å². The average molecular weight is 174 g/mol. The van der Waals surface area contributed by atoms with E-state index in [2.05, 4.69) is 5.10 Å². The van der Waals surface area contributed by atoms with Crippen LogP contribution in [-0.4, -0.2) is 14.9 Å². The van der Waals surface area contributed by atoms with Crippen LogP contribution in [0, 0.1) is 6.92 Å². The smallest absolute Gasteiger partial charge is 0.117 e. The quantitative estimate of drug-likeness (QED) is 0.716. The lowest BCUT2D eigenvalue weighted by Gasteiger charge is -2.00. The molecule has 2 aromatic rings. The predicted octanol–water partition coefficient (Wildman–Crippen LogP) is 1.89. The maximum atomic E-state index is 9.24. The summed E-state index contributed by atoms with van der Waals surface area (Å²) in [4.78, 5) is 0. The summed E-state index contributed by atoms with van der Waals surface area (Å²) in [5.41, 5.74) is 1.97. The van der Waals surface area contributed by atoms with E-state index >= 15 is 0 Å². The Morgan fingerprint density at radius 1 is 1.38 bits per heavy atom. The Bertz CT molecular complexity index is 420. The lowest BCUT2D eigenvalue weighted by atomic mass is 10.3. The number of hydrogen-bond donors (Lipinski definition) is 1. The van der Waals surface area contributed by atoms with E-state index in [0.717, 1.165) is 11.3 Å².